The van der Waals surface area contributed by atoms with Crippen molar-refractivity contribution in [1.29, 1.82) is 0 Å². The minimum absolute atomic E-state index is 0.856. The zero-order chi connectivity index (χ0) is 12.3. The van der Waals surface area contributed by atoms with Crippen LogP contribution in [-0.4, -0.2) is 4.57 Å². The Morgan fingerprint density at radius 2 is 2.12 bits per heavy atom. The minimum atomic E-state index is 0.856. The van der Waals surface area contributed by atoms with E-state index in [0.717, 1.165) is 23.2 Å². The van der Waals surface area contributed by atoms with E-state index in [1.54, 1.807) is 0 Å². The first-order valence-electron chi connectivity index (χ1n) is 5.84. The molecule has 2 nitrogen and oxygen atoms in total. The van der Waals surface area contributed by atoms with Crippen molar-refractivity contribution >= 4 is 21.6 Å². The lowest BCUT2D eigenvalue weighted by molar-refractivity contribution is 0.766. The predicted octanol–water partition coefficient (Wildman–Crippen LogP) is 4.19. The molecule has 90 valence electrons. The molecule has 2 rings (SSSR count). The molecule has 0 saturated heterocycles. The molecule has 0 spiro atoms. The van der Waals surface area contributed by atoms with E-state index in [-0.39, 0.29) is 0 Å². The van der Waals surface area contributed by atoms with E-state index in [1.807, 2.05) is 0 Å². The Hall–Kier alpha value is -1.22. The molecule has 0 bridgehead atoms. The van der Waals surface area contributed by atoms with E-state index in [1.165, 1.54) is 11.1 Å². The summed E-state index contributed by atoms with van der Waals surface area (Å²) in [6.45, 7) is 6.13. The molecule has 2 aromatic rings. The van der Waals surface area contributed by atoms with Gasteiger partial charge < -0.3 is 9.88 Å². The van der Waals surface area contributed by atoms with Gasteiger partial charge in [-0.2, -0.15) is 0 Å². The van der Waals surface area contributed by atoms with Gasteiger partial charge in [0.15, 0.2) is 0 Å². The summed E-state index contributed by atoms with van der Waals surface area (Å²) in [5.74, 6) is 0. The molecule has 3 heteroatoms. The highest BCUT2D eigenvalue weighted by Crippen LogP contribution is 2.26. The summed E-state index contributed by atoms with van der Waals surface area (Å²) in [4.78, 5) is 0. The maximum atomic E-state index is 3.60. The third-order valence-corrected chi connectivity index (χ3v) is 3.90. The van der Waals surface area contributed by atoms with Crippen molar-refractivity contribution in [2.75, 3.05) is 5.32 Å². The van der Waals surface area contributed by atoms with Gasteiger partial charge in [-0.05, 0) is 53.0 Å². The SMILES string of the molecule is CCn1ccc(CNc2cccc(C)c2Br)c1. The molecule has 1 N–H and O–H groups in total. The van der Waals surface area contributed by atoms with Gasteiger partial charge in [0.25, 0.3) is 0 Å². The van der Waals surface area contributed by atoms with Gasteiger partial charge in [-0.3, -0.25) is 0 Å². The second kappa shape index (κ2) is 5.41. The largest absolute Gasteiger partial charge is 0.380 e. The highest BCUT2D eigenvalue weighted by atomic mass is 79.9. The molecule has 0 aliphatic heterocycles. The first-order chi connectivity index (χ1) is 8.20. The maximum absolute atomic E-state index is 3.60. The Morgan fingerprint density at radius 3 is 2.82 bits per heavy atom. The minimum Gasteiger partial charge on any atom is -0.380 e. The van der Waals surface area contributed by atoms with E-state index >= 15 is 0 Å². The van der Waals surface area contributed by atoms with E-state index in [0.29, 0.717) is 0 Å². The Morgan fingerprint density at radius 1 is 1.29 bits per heavy atom. The van der Waals surface area contributed by atoms with Crippen molar-refractivity contribution in [2.45, 2.75) is 26.9 Å². The smallest absolute Gasteiger partial charge is 0.0490 e. The van der Waals surface area contributed by atoms with Crippen LogP contribution in [0.25, 0.3) is 0 Å². The molecule has 0 radical (unpaired) electrons. The van der Waals surface area contributed by atoms with Gasteiger partial charge in [-0.25, -0.2) is 0 Å². The number of anilines is 1. The zero-order valence-corrected chi connectivity index (χ0v) is 11.8. The molecule has 0 unspecified atom stereocenters. The van der Waals surface area contributed by atoms with E-state index in [9.17, 15) is 0 Å². The predicted molar refractivity (Wildman–Crippen MR) is 76.3 cm³/mol. The Labute approximate surface area is 111 Å². The van der Waals surface area contributed by atoms with Crippen molar-refractivity contribution in [3.63, 3.8) is 0 Å². The molecule has 17 heavy (non-hydrogen) atoms. The van der Waals surface area contributed by atoms with Gasteiger partial charge in [0, 0.05) is 35.6 Å². The second-order valence-electron chi connectivity index (χ2n) is 4.14. The summed E-state index contributed by atoms with van der Waals surface area (Å²) in [7, 11) is 0. The normalized spacial score (nSPS) is 10.5. The number of nitrogens with zero attached hydrogens (tertiary/aromatic N) is 1. The zero-order valence-electron chi connectivity index (χ0n) is 10.2. The van der Waals surface area contributed by atoms with Crippen LogP contribution in [0.2, 0.25) is 0 Å². The third-order valence-electron chi connectivity index (χ3n) is 2.85. The summed E-state index contributed by atoms with van der Waals surface area (Å²) in [6, 6.07) is 8.41. The number of benzene rings is 1. The fraction of sp³-hybridized carbons (Fsp3) is 0.286. The van der Waals surface area contributed by atoms with Crippen molar-refractivity contribution < 1.29 is 0 Å². The van der Waals surface area contributed by atoms with Crippen molar-refractivity contribution in [1.82, 2.24) is 4.57 Å². The molecular weight excluding hydrogens is 276 g/mol. The molecule has 0 fully saturated rings. The lowest BCUT2D eigenvalue weighted by Crippen LogP contribution is -2.00. The summed E-state index contributed by atoms with van der Waals surface area (Å²) in [6.07, 6.45) is 4.29. The number of nitrogens with one attached hydrogen (secondary N) is 1. The number of hydrogen-bond acceptors (Lipinski definition) is 1. The van der Waals surface area contributed by atoms with Gasteiger partial charge >= 0.3 is 0 Å². The highest BCUT2D eigenvalue weighted by Gasteiger charge is 2.02. The quantitative estimate of drug-likeness (QED) is 0.894. The number of aromatic nitrogens is 1. The van der Waals surface area contributed by atoms with E-state index in [4.69, 9.17) is 0 Å². The Balaban J connectivity index is 2.04. The summed E-state index contributed by atoms with van der Waals surface area (Å²) in [5.41, 5.74) is 3.70. The third kappa shape index (κ3) is 2.91. The van der Waals surface area contributed by atoms with Crippen LogP contribution < -0.4 is 5.32 Å². The number of aryl methyl sites for hydroxylation is 2. The monoisotopic (exact) mass is 292 g/mol. The molecular formula is C14H17BrN2. The maximum Gasteiger partial charge on any atom is 0.0490 e. The standard InChI is InChI=1S/C14H17BrN2/c1-3-17-8-7-12(10-17)9-16-13-6-4-5-11(2)14(13)15/h4-8,10,16H,3,9H2,1-2H3. The van der Waals surface area contributed by atoms with E-state index < -0.39 is 0 Å². The van der Waals surface area contributed by atoms with Gasteiger partial charge in [0.1, 0.15) is 0 Å². The average molecular weight is 293 g/mol. The average Bonchev–Trinajstić information content (AvgIpc) is 2.79. The van der Waals surface area contributed by atoms with Crippen LogP contribution >= 0.6 is 15.9 Å². The summed E-state index contributed by atoms with van der Waals surface area (Å²) >= 11 is 3.60. The fourth-order valence-corrected chi connectivity index (χ4v) is 2.18. The molecule has 0 atom stereocenters. The van der Waals surface area contributed by atoms with Crippen LogP contribution in [-0.2, 0) is 13.1 Å². The van der Waals surface area contributed by atoms with Gasteiger partial charge in [0.05, 0.1) is 0 Å². The molecule has 0 aliphatic carbocycles. The lowest BCUT2D eigenvalue weighted by atomic mass is 10.2. The fourth-order valence-electron chi connectivity index (χ4n) is 1.77. The number of rotatable bonds is 4. The molecule has 1 aromatic carbocycles. The van der Waals surface area contributed by atoms with Crippen molar-refractivity contribution in [3.05, 3.63) is 52.3 Å². The van der Waals surface area contributed by atoms with Crippen LogP contribution in [0.1, 0.15) is 18.1 Å². The Bertz CT molecular complexity index is 503. The van der Waals surface area contributed by atoms with Crippen LogP contribution in [0.5, 0.6) is 0 Å². The second-order valence-corrected chi connectivity index (χ2v) is 4.93. The lowest BCUT2D eigenvalue weighted by Gasteiger charge is -2.09. The topological polar surface area (TPSA) is 17.0 Å². The number of hydrogen-bond donors (Lipinski definition) is 1. The molecule has 1 aromatic heterocycles. The summed E-state index contributed by atoms with van der Waals surface area (Å²) in [5, 5.41) is 3.45. The van der Waals surface area contributed by atoms with Crippen molar-refractivity contribution in [2.24, 2.45) is 0 Å². The van der Waals surface area contributed by atoms with Gasteiger partial charge in [-0.15, -0.1) is 0 Å². The first-order valence-corrected chi connectivity index (χ1v) is 6.63. The first kappa shape index (κ1) is 12.2. The van der Waals surface area contributed by atoms with Crippen molar-refractivity contribution in [3.8, 4) is 0 Å². The van der Waals surface area contributed by atoms with E-state index in [2.05, 4.69) is 76.3 Å². The molecule has 0 amide bonds. The van der Waals surface area contributed by atoms with Crippen LogP contribution in [0.15, 0.2) is 41.1 Å². The van der Waals surface area contributed by atoms with Crippen LogP contribution in [0.4, 0.5) is 5.69 Å². The summed E-state index contributed by atoms with van der Waals surface area (Å²) < 4.78 is 3.33. The Kier molecular flexibility index (Phi) is 3.89. The highest BCUT2D eigenvalue weighted by molar-refractivity contribution is 9.10. The van der Waals surface area contributed by atoms with Crippen LogP contribution in [0.3, 0.4) is 0 Å². The molecule has 0 aliphatic rings. The molecule has 0 saturated carbocycles. The van der Waals surface area contributed by atoms with Gasteiger partial charge in [-0.1, -0.05) is 12.1 Å². The van der Waals surface area contributed by atoms with Gasteiger partial charge in [0.2, 0.25) is 0 Å². The number of halogens is 1. The van der Waals surface area contributed by atoms with Crippen LogP contribution in [0, 0.1) is 6.92 Å². The molecule has 1 heterocycles.